The van der Waals surface area contributed by atoms with Crippen LogP contribution in [0, 0.1) is 13.8 Å². The fraction of sp³-hybridized carbons (Fsp3) is 0.407. The first kappa shape index (κ1) is 22.9. The summed E-state index contributed by atoms with van der Waals surface area (Å²) in [6.07, 6.45) is 1.65. The van der Waals surface area contributed by atoms with Crippen LogP contribution in [0.1, 0.15) is 72.5 Å². The number of benzene rings is 2. The molecule has 0 radical (unpaired) electrons. The molecule has 1 unspecified atom stereocenters. The van der Waals surface area contributed by atoms with Crippen LogP contribution < -0.4 is 14.9 Å². The van der Waals surface area contributed by atoms with Crippen molar-refractivity contribution in [1.82, 2.24) is 4.90 Å². The lowest BCUT2D eigenvalue weighted by molar-refractivity contribution is 0.0728. The summed E-state index contributed by atoms with van der Waals surface area (Å²) in [7, 11) is 0. The molecule has 33 heavy (non-hydrogen) atoms. The fourth-order valence-corrected chi connectivity index (χ4v) is 4.59. The Morgan fingerprint density at radius 3 is 2.45 bits per heavy atom. The highest BCUT2D eigenvalue weighted by molar-refractivity contribution is 5.99. The Morgan fingerprint density at radius 2 is 1.76 bits per heavy atom. The van der Waals surface area contributed by atoms with Crippen LogP contribution in [-0.2, 0) is 0 Å². The first-order valence-electron chi connectivity index (χ1n) is 11.7. The molecular formula is C27H31NO5. The van der Waals surface area contributed by atoms with Crippen LogP contribution in [0.2, 0.25) is 0 Å². The molecule has 2 heterocycles. The van der Waals surface area contributed by atoms with Gasteiger partial charge in [-0.15, -0.1) is 0 Å². The Kier molecular flexibility index (Phi) is 6.45. The average molecular weight is 450 g/mol. The predicted octanol–water partition coefficient (Wildman–Crippen LogP) is 5.55. The molecular weight excluding hydrogens is 418 g/mol. The van der Waals surface area contributed by atoms with E-state index in [1.807, 2.05) is 65.0 Å². The van der Waals surface area contributed by atoms with Gasteiger partial charge in [0.05, 0.1) is 30.2 Å². The minimum absolute atomic E-state index is 0.141. The Hall–Kier alpha value is -3.28. The number of hydrogen-bond donors (Lipinski definition) is 0. The number of ether oxygens (including phenoxy) is 2. The number of fused-ring (bicyclic) bond motifs is 2. The highest BCUT2D eigenvalue weighted by Crippen LogP contribution is 2.41. The molecule has 0 N–H and O–H groups in total. The molecule has 1 atom stereocenters. The van der Waals surface area contributed by atoms with Crippen molar-refractivity contribution in [3.8, 4) is 11.5 Å². The quantitative estimate of drug-likeness (QED) is 0.451. The summed E-state index contributed by atoms with van der Waals surface area (Å²) in [6, 6.07) is 8.92. The molecule has 6 heteroatoms. The molecule has 6 nitrogen and oxygen atoms in total. The van der Waals surface area contributed by atoms with Gasteiger partial charge in [0.1, 0.15) is 5.58 Å². The van der Waals surface area contributed by atoms with Crippen LogP contribution in [0.25, 0.3) is 11.0 Å². The number of nitrogens with zero attached hydrogens (tertiary/aromatic N) is 1. The van der Waals surface area contributed by atoms with E-state index in [-0.39, 0.29) is 17.1 Å². The first-order valence-corrected chi connectivity index (χ1v) is 11.7. The van der Waals surface area contributed by atoms with Crippen molar-refractivity contribution in [1.29, 1.82) is 0 Å². The fourth-order valence-electron chi connectivity index (χ4n) is 4.59. The van der Waals surface area contributed by atoms with Gasteiger partial charge in [-0.05, 0) is 68.5 Å². The summed E-state index contributed by atoms with van der Waals surface area (Å²) < 4.78 is 17.8. The van der Waals surface area contributed by atoms with E-state index >= 15 is 0 Å². The summed E-state index contributed by atoms with van der Waals surface area (Å²) in [5, 5.41) is 0.510. The molecule has 1 aromatic heterocycles. The smallest absolute Gasteiger partial charge is 0.290 e. The zero-order chi connectivity index (χ0) is 23.7. The Labute approximate surface area is 194 Å². The van der Waals surface area contributed by atoms with Gasteiger partial charge in [0.15, 0.2) is 16.9 Å². The van der Waals surface area contributed by atoms with Crippen molar-refractivity contribution >= 4 is 16.9 Å². The van der Waals surface area contributed by atoms with Crippen molar-refractivity contribution in [2.45, 2.75) is 53.5 Å². The normalized spacial score (nSPS) is 15.2. The highest BCUT2D eigenvalue weighted by atomic mass is 16.5. The summed E-state index contributed by atoms with van der Waals surface area (Å²) in [6.45, 7) is 11.4. The third kappa shape index (κ3) is 3.99. The van der Waals surface area contributed by atoms with Gasteiger partial charge in [-0.2, -0.15) is 0 Å². The van der Waals surface area contributed by atoms with Crippen molar-refractivity contribution in [2.24, 2.45) is 0 Å². The highest BCUT2D eigenvalue weighted by Gasteiger charge is 2.42. The number of aryl methyl sites for hydroxylation is 2. The first-order chi connectivity index (χ1) is 15.9. The third-order valence-electron chi connectivity index (χ3n) is 5.91. The molecule has 0 aliphatic carbocycles. The maximum Gasteiger partial charge on any atom is 0.290 e. The van der Waals surface area contributed by atoms with Crippen LogP contribution in [0.4, 0.5) is 0 Å². The second-order valence-corrected chi connectivity index (χ2v) is 8.52. The number of carbonyl (C=O) groups is 1. The molecule has 0 fully saturated rings. The zero-order valence-corrected chi connectivity index (χ0v) is 20.0. The Morgan fingerprint density at radius 1 is 0.970 bits per heavy atom. The van der Waals surface area contributed by atoms with E-state index in [0.717, 1.165) is 29.5 Å². The van der Waals surface area contributed by atoms with Gasteiger partial charge < -0.3 is 18.8 Å². The summed E-state index contributed by atoms with van der Waals surface area (Å²) >= 11 is 0. The summed E-state index contributed by atoms with van der Waals surface area (Å²) in [4.78, 5) is 28.9. The van der Waals surface area contributed by atoms with Crippen molar-refractivity contribution < 1.29 is 18.7 Å². The maximum absolute atomic E-state index is 13.7. The van der Waals surface area contributed by atoms with Gasteiger partial charge in [-0.25, -0.2) is 0 Å². The lowest BCUT2D eigenvalue weighted by Gasteiger charge is -2.25. The summed E-state index contributed by atoms with van der Waals surface area (Å²) in [5.74, 6) is 1.16. The number of amides is 1. The van der Waals surface area contributed by atoms with Crippen LogP contribution in [0.3, 0.4) is 0 Å². The molecule has 3 aromatic rings. The average Bonchev–Trinajstić information content (AvgIpc) is 3.06. The lowest BCUT2D eigenvalue weighted by atomic mass is 9.97. The van der Waals surface area contributed by atoms with Gasteiger partial charge in [0.25, 0.3) is 5.91 Å². The molecule has 1 aliphatic heterocycles. The van der Waals surface area contributed by atoms with E-state index in [1.54, 1.807) is 4.90 Å². The molecule has 0 bridgehead atoms. The van der Waals surface area contributed by atoms with Crippen molar-refractivity contribution in [2.75, 3.05) is 19.8 Å². The molecule has 1 aliphatic rings. The second-order valence-electron chi connectivity index (χ2n) is 8.52. The molecule has 4 rings (SSSR count). The number of rotatable bonds is 8. The van der Waals surface area contributed by atoms with Crippen LogP contribution >= 0.6 is 0 Å². The standard InChI is InChI=1S/C27H31NO5/c1-6-11-28-23(18-9-10-20(32-12-7-2)21(15-18)31-8-3)22-24(29)19-14-16(4)13-17(5)25(19)33-26(22)27(28)30/h9-10,13-15,23H,6-8,11-12H2,1-5H3. The minimum atomic E-state index is -0.534. The van der Waals surface area contributed by atoms with E-state index in [9.17, 15) is 9.59 Å². The molecule has 0 saturated heterocycles. The zero-order valence-electron chi connectivity index (χ0n) is 20.0. The Balaban J connectivity index is 1.93. The molecule has 0 spiro atoms. The maximum atomic E-state index is 13.7. The van der Waals surface area contributed by atoms with Gasteiger partial charge >= 0.3 is 0 Å². The molecule has 1 amide bonds. The van der Waals surface area contributed by atoms with Crippen molar-refractivity contribution in [3.05, 3.63) is 68.6 Å². The van der Waals surface area contributed by atoms with E-state index in [1.165, 1.54) is 0 Å². The van der Waals surface area contributed by atoms with E-state index < -0.39 is 6.04 Å². The van der Waals surface area contributed by atoms with Gasteiger partial charge in [0, 0.05) is 6.54 Å². The summed E-state index contributed by atoms with van der Waals surface area (Å²) in [5.41, 5.74) is 3.36. The van der Waals surface area contributed by atoms with Crippen molar-refractivity contribution in [3.63, 3.8) is 0 Å². The molecule has 174 valence electrons. The van der Waals surface area contributed by atoms with Gasteiger partial charge in [0.2, 0.25) is 5.76 Å². The van der Waals surface area contributed by atoms with Gasteiger partial charge in [-0.3, -0.25) is 9.59 Å². The number of carbonyl (C=O) groups excluding carboxylic acids is 1. The van der Waals surface area contributed by atoms with Crippen LogP contribution in [-0.4, -0.2) is 30.6 Å². The Bertz CT molecular complexity index is 1260. The predicted molar refractivity (Wildman–Crippen MR) is 129 cm³/mol. The van der Waals surface area contributed by atoms with Crippen LogP contribution in [0.15, 0.2) is 39.5 Å². The number of hydrogen-bond acceptors (Lipinski definition) is 5. The largest absolute Gasteiger partial charge is 0.490 e. The van der Waals surface area contributed by atoms with E-state index in [4.69, 9.17) is 13.9 Å². The monoisotopic (exact) mass is 449 g/mol. The second kappa shape index (κ2) is 9.30. The van der Waals surface area contributed by atoms with E-state index in [0.29, 0.717) is 47.8 Å². The van der Waals surface area contributed by atoms with E-state index in [2.05, 4.69) is 0 Å². The van der Waals surface area contributed by atoms with Gasteiger partial charge in [-0.1, -0.05) is 26.0 Å². The topological polar surface area (TPSA) is 69.0 Å². The molecule has 0 saturated carbocycles. The lowest BCUT2D eigenvalue weighted by Crippen LogP contribution is -2.30. The third-order valence-corrected chi connectivity index (χ3v) is 5.91. The minimum Gasteiger partial charge on any atom is -0.490 e. The molecule has 2 aromatic carbocycles. The van der Waals surface area contributed by atoms with Crippen LogP contribution in [0.5, 0.6) is 11.5 Å². The SMILES string of the molecule is CCCOc1ccc(C2c3c(oc4c(C)cc(C)cc4c3=O)C(=O)N2CCC)cc1OCC.